The molecule has 7 heteroatoms. The molecule has 0 heterocycles. The predicted molar refractivity (Wildman–Crippen MR) is 135 cm³/mol. The van der Waals surface area contributed by atoms with Gasteiger partial charge in [-0.1, -0.05) is 32.9 Å². The summed E-state index contributed by atoms with van der Waals surface area (Å²) in [5, 5.41) is 0.860. The van der Waals surface area contributed by atoms with Gasteiger partial charge in [-0.3, -0.25) is 4.79 Å². The number of benzene rings is 2. The van der Waals surface area contributed by atoms with Crippen molar-refractivity contribution in [1.29, 1.82) is 0 Å². The summed E-state index contributed by atoms with van der Waals surface area (Å²) in [6.07, 6.45) is 0. The van der Waals surface area contributed by atoms with Crippen LogP contribution in [0.1, 0.15) is 47.8 Å². The Morgan fingerprint density at radius 3 is 1.97 bits per heavy atom. The van der Waals surface area contributed by atoms with Crippen molar-refractivity contribution in [3.8, 4) is 11.5 Å². The van der Waals surface area contributed by atoms with Gasteiger partial charge in [0.2, 0.25) is 0 Å². The van der Waals surface area contributed by atoms with Crippen molar-refractivity contribution in [2.75, 3.05) is 40.6 Å². The van der Waals surface area contributed by atoms with E-state index >= 15 is 0 Å². The van der Waals surface area contributed by atoms with Gasteiger partial charge in [0.15, 0.2) is 5.52 Å². The Kier molecular flexibility index (Phi) is 12.0. The van der Waals surface area contributed by atoms with E-state index < -0.39 is 0 Å². The van der Waals surface area contributed by atoms with Crippen LogP contribution in [0.4, 0.5) is 0 Å². The molecular formula is C25H36LiO5P. The molecule has 172 valence electrons. The summed E-state index contributed by atoms with van der Waals surface area (Å²) < 4.78 is 21.7. The van der Waals surface area contributed by atoms with Gasteiger partial charge in [-0.2, -0.15) is 0 Å². The summed E-state index contributed by atoms with van der Waals surface area (Å²) in [4.78, 5) is 13.3. The van der Waals surface area contributed by atoms with E-state index in [9.17, 15) is 4.79 Å². The van der Waals surface area contributed by atoms with Gasteiger partial charge in [-0.15, -0.1) is 0 Å². The van der Waals surface area contributed by atoms with Gasteiger partial charge in [-0.05, 0) is 56.7 Å². The third kappa shape index (κ3) is 8.21. The molecule has 0 aliphatic carbocycles. The average Bonchev–Trinajstić information content (AvgIpc) is 2.69. The van der Waals surface area contributed by atoms with Crippen molar-refractivity contribution >= 4 is 38.3 Å². The SMILES string of the molecule is COCCOc1ccc(PC(=O)c2c(C)cc(C(C)(C)C)cc2C)c(OCCOC)c1.[LiH]. The standard InChI is InChI=1S/C25H35O5P.Li.H/c1-17-14-19(25(3,4)5)15-18(2)23(17)24(26)31-22-9-8-20(29-12-10-27-6)16-21(22)30-13-11-28-7;;/h8-9,14-16,31H,10-13H2,1-7H3;;. The van der Waals surface area contributed by atoms with Crippen LogP contribution >= 0.6 is 8.58 Å². The Bertz CT molecular complexity index is 869. The van der Waals surface area contributed by atoms with Crippen LogP contribution in [0.15, 0.2) is 30.3 Å². The summed E-state index contributed by atoms with van der Waals surface area (Å²) in [5.41, 5.74) is 4.23. The van der Waals surface area contributed by atoms with Gasteiger partial charge >= 0.3 is 18.9 Å². The van der Waals surface area contributed by atoms with Crippen molar-refractivity contribution in [2.24, 2.45) is 0 Å². The molecule has 0 saturated carbocycles. The molecule has 0 aliphatic rings. The first-order valence-electron chi connectivity index (χ1n) is 10.5. The van der Waals surface area contributed by atoms with E-state index in [0.717, 1.165) is 22.0 Å². The molecule has 0 bridgehead atoms. The number of carbonyl (C=O) groups is 1. The molecule has 5 nitrogen and oxygen atoms in total. The van der Waals surface area contributed by atoms with Crippen LogP contribution in [0.2, 0.25) is 0 Å². The zero-order valence-electron chi connectivity index (χ0n) is 19.8. The molecule has 0 spiro atoms. The molecule has 32 heavy (non-hydrogen) atoms. The Balaban J connectivity index is 0.00000512. The van der Waals surface area contributed by atoms with Gasteiger partial charge in [0.25, 0.3) is 0 Å². The Morgan fingerprint density at radius 1 is 0.875 bits per heavy atom. The Labute approximate surface area is 206 Å². The molecule has 0 aromatic heterocycles. The van der Waals surface area contributed by atoms with E-state index in [2.05, 4.69) is 32.9 Å². The monoisotopic (exact) mass is 454 g/mol. The molecule has 1 unspecified atom stereocenters. The Morgan fingerprint density at radius 2 is 1.44 bits per heavy atom. The summed E-state index contributed by atoms with van der Waals surface area (Å²) >= 11 is 0. The summed E-state index contributed by atoms with van der Waals surface area (Å²) in [7, 11) is 3.22. The number of methoxy groups -OCH3 is 2. The maximum atomic E-state index is 13.3. The third-order valence-electron chi connectivity index (χ3n) is 4.93. The van der Waals surface area contributed by atoms with E-state index in [4.69, 9.17) is 18.9 Å². The van der Waals surface area contributed by atoms with Crippen molar-refractivity contribution in [3.63, 3.8) is 0 Å². The van der Waals surface area contributed by atoms with Crippen LogP contribution in [0.5, 0.6) is 11.5 Å². The molecule has 1 atom stereocenters. The van der Waals surface area contributed by atoms with Crippen molar-refractivity contribution in [1.82, 2.24) is 0 Å². The minimum atomic E-state index is -0.0435. The van der Waals surface area contributed by atoms with E-state index in [1.807, 2.05) is 32.0 Å². The number of ether oxygens (including phenoxy) is 4. The quantitative estimate of drug-likeness (QED) is 0.290. The van der Waals surface area contributed by atoms with Gasteiger partial charge in [-0.25, -0.2) is 0 Å². The maximum absolute atomic E-state index is 13.3. The molecule has 0 aliphatic heterocycles. The van der Waals surface area contributed by atoms with E-state index in [-0.39, 0.29) is 38.4 Å². The van der Waals surface area contributed by atoms with Gasteiger partial charge in [0, 0.05) is 31.2 Å². The molecule has 0 radical (unpaired) electrons. The van der Waals surface area contributed by atoms with E-state index in [0.29, 0.717) is 37.9 Å². The van der Waals surface area contributed by atoms with Crippen molar-refractivity contribution in [3.05, 3.63) is 52.6 Å². The number of hydrogen-bond acceptors (Lipinski definition) is 5. The number of hydrogen-bond donors (Lipinski definition) is 0. The second-order valence-corrected chi connectivity index (χ2v) is 9.77. The second-order valence-electron chi connectivity index (χ2n) is 8.53. The first-order chi connectivity index (χ1) is 14.7. The fourth-order valence-electron chi connectivity index (χ4n) is 3.23. The zero-order chi connectivity index (χ0) is 23.0. The average molecular weight is 454 g/mol. The van der Waals surface area contributed by atoms with E-state index in [1.165, 1.54) is 5.56 Å². The van der Waals surface area contributed by atoms with Crippen LogP contribution < -0.4 is 14.8 Å². The second kappa shape index (κ2) is 13.4. The van der Waals surface area contributed by atoms with Crippen LogP contribution in [-0.2, 0) is 14.9 Å². The van der Waals surface area contributed by atoms with Gasteiger partial charge in [0.05, 0.1) is 13.2 Å². The van der Waals surface area contributed by atoms with Crippen LogP contribution in [0.25, 0.3) is 0 Å². The first-order valence-corrected chi connectivity index (χ1v) is 11.5. The summed E-state index contributed by atoms with van der Waals surface area (Å²) in [5.74, 6) is 1.34. The molecule has 0 fully saturated rings. The number of aryl methyl sites for hydroxylation is 2. The fraction of sp³-hybridized carbons (Fsp3) is 0.480. The molecule has 2 rings (SSSR count). The fourth-order valence-corrected chi connectivity index (χ4v) is 4.43. The molecule has 0 saturated heterocycles. The topological polar surface area (TPSA) is 54.0 Å². The summed E-state index contributed by atoms with van der Waals surface area (Å²) in [6.45, 7) is 12.4. The number of rotatable bonds is 11. The van der Waals surface area contributed by atoms with Gasteiger partial charge in [0.1, 0.15) is 24.7 Å². The van der Waals surface area contributed by atoms with Crippen LogP contribution in [-0.4, -0.2) is 65.0 Å². The predicted octanol–water partition coefficient (Wildman–Crippen LogP) is 4.15. The molecule has 0 N–H and O–H groups in total. The first kappa shape index (κ1) is 28.7. The van der Waals surface area contributed by atoms with Crippen LogP contribution in [0.3, 0.4) is 0 Å². The summed E-state index contributed by atoms with van der Waals surface area (Å²) in [6, 6.07) is 9.88. The zero-order valence-corrected chi connectivity index (χ0v) is 20.8. The Hall–Kier alpha value is -1.34. The normalized spacial score (nSPS) is 11.5. The van der Waals surface area contributed by atoms with Crippen LogP contribution in [0, 0.1) is 13.8 Å². The molecule has 2 aromatic rings. The van der Waals surface area contributed by atoms with Gasteiger partial charge < -0.3 is 18.9 Å². The molecule has 0 amide bonds. The van der Waals surface area contributed by atoms with Crippen molar-refractivity contribution in [2.45, 2.75) is 40.0 Å². The van der Waals surface area contributed by atoms with E-state index in [1.54, 1.807) is 14.2 Å². The number of carbonyl (C=O) groups excluding carboxylic acids is 1. The molecular weight excluding hydrogens is 418 g/mol. The molecule has 2 aromatic carbocycles. The minimum absolute atomic E-state index is 0. The third-order valence-corrected chi connectivity index (χ3v) is 6.09. The van der Waals surface area contributed by atoms with Crippen molar-refractivity contribution < 1.29 is 23.7 Å².